The highest BCUT2D eigenvalue weighted by atomic mass is 32.2. The summed E-state index contributed by atoms with van der Waals surface area (Å²) < 4.78 is 14.0. The van der Waals surface area contributed by atoms with Gasteiger partial charge >= 0.3 is 0 Å². The Labute approximate surface area is 190 Å². The molecule has 1 aromatic heterocycles. The van der Waals surface area contributed by atoms with E-state index in [2.05, 4.69) is 10.4 Å². The van der Waals surface area contributed by atoms with Crippen molar-refractivity contribution in [2.24, 2.45) is 4.99 Å². The average molecular weight is 447 g/mol. The molecular formula is C25H23FN4OS. The number of hydrazine groups is 1. The number of hydrogen-bond donors (Lipinski definition) is 1. The second-order valence-corrected chi connectivity index (χ2v) is 9.03. The first-order valence-corrected chi connectivity index (χ1v) is 11.7. The predicted octanol–water partition coefficient (Wildman–Crippen LogP) is 5.38. The van der Waals surface area contributed by atoms with Crippen LogP contribution in [0.4, 0.5) is 10.1 Å². The number of benzene rings is 2. The van der Waals surface area contributed by atoms with Gasteiger partial charge in [-0.25, -0.2) is 19.4 Å². The highest BCUT2D eigenvalue weighted by Gasteiger charge is 2.21. The van der Waals surface area contributed by atoms with Crippen LogP contribution in [0.5, 0.6) is 0 Å². The van der Waals surface area contributed by atoms with E-state index in [1.54, 1.807) is 30.1 Å². The number of aromatic nitrogens is 1. The Morgan fingerprint density at radius 1 is 0.969 bits per heavy atom. The molecule has 0 unspecified atom stereocenters. The zero-order valence-corrected chi connectivity index (χ0v) is 18.4. The number of carbonyl (C=O) groups is 1. The number of carbonyl (C=O) groups excluding carboxylic acids is 1. The van der Waals surface area contributed by atoms with Crippen molar-refractivity contribution in [2.45, 2.75) is 35.5 Å². The van der Waals surface area contributed by atoms with Crippen LogP contribution >= 0.6 is 11.8 Å². The topological polar surface area (TPSA) is 57.6 Å². The van der Waals surface area contributed by atoms with Crippen LogP contribution in [-0.2, 0) is 0 Å². The third-order valence-corrected chi connectivity index (χ3v) is 6.75. The van der Waals surface area contributed by atoms with Crippen LogP contribution in [-0.4, -0.2) is 34.7 Å². The van der Waals surface area contributed by atoms with Gasteiger partial charge in [-0.05, 0) is 37.1 Å². The molecule has 0 aliphatic carbocycles. The molecule has 5 nitrogen and oxygen atoms in total. The number of nitrogens with one attached hydrogen (secondary N) is 1. The first-order valence-electron chi connectivity index (χ1n) is 10.9. The molecule has 0 radical (unpaired) electrons. The maximum Gasteiger partial charge on any atom is 0.284 e. The van der Waals surface area contributed by atoms with Crippen molar-refractivity contribution in [3.05, 3.63) is 83.4 Å². The molecule has 7 heteroatoms. The van der Waals surface area contributed by atoms with Gasteiger partial charge in [0.25, 0.3) is 5.91 Å². The smallest absolute Gasteiger partial charge is 0.283 e. The number of fused-ring (bicyclic) bond motifs is 2. The van der Waals surface area contributed by atoms with E-state index < -0.39 is 0 Å². The second kappa shape index (κ2) is 9.22. The summed E-state index contributed by atoms with van der Waals surface area (Å²) in [4.78, 5) is 24.1. The lowest BCUT2D eigenvalue weighted by Gasteiger charge is -2.20. The van der Waals surface area contributed by atoms with Gasteiger partial charge in [0.2, 0.25) is 0 Å². The Hall–Kier alpha value is -3.03. The van der Waals surface area contributed by atoms with Gasteiger partial charge in [0, 0.05) is 35.3 Å². The van der Waals surface area contributed by atoms with E-state index in [1.807, 2.05) is 35.3 Å². The van der Waals surface area contributed by atoms with Crippen LogP contribution in [0.15, 0.2) is 75.6 Å². The molecule has 5 rings (SSSR count). The molecule has 0 saturated carbocycles. The van der Waals surface area contributed by atoms with Gasteiger partial charge in [0.05, 0.1) is 16.3 Å². The van der Waals surface area contributed by atoms with Gasteiger partial charge in [-0.15, -0.1) is 0 Å². The van der Waals surface area contributed by atoms with E-state index in [-0.39, 0.29) is 11.7 Å². The molecule has 1 fully saturated rings. The maximum absolute atomic E-state index is 14.0. The maximum atomic E-state index is 14.0. The van der Waals surface area contributed by atoms with Crippen molar-refractivity contribution in [3.63, 3.8) is 0 Å². The van der Waals surface area contributed by atoms with Gasteiger partial charge in [0.1, 0.15) is 11.5 Å². The minimum atomic E-state index is -0.313. The van der Waals surface area contributed by atoms with Gasteiger partial charge in [-0.1, -0.05) is 54.9 Å². The summed E-state index contributed by atoms with van der Waals surface area (Å²) >= 11 is 1.55. The van der Waals surface area contributed by atoms with Gasteiger partial charge in [-0.2, -0.15) is 0 Å². The Morgan fingerprint density at radius 3 is 2.59 bits per heavy atom. The minimum Gasteiger partial charge on any atom is -0.283 e. The SMILES string of the molecule is O=C(NN1CCCCCC1)c1cc2c(cn1)Sc1ccccc1C(c1cccc(F)c1)=N2. The summed E-state index contributed by atoms with van der Waals surface area (Å²) in [6.07, 6.45) is 6.24. The number of amides is 1. The monoisotopic (exact) mass is 446 g/mol. The Bertz CT molecular complexity index is 1190. The number of pyridine rings is 1. The van der Waals surface area contributed by atoms with Crippen molar-refractivity contribution >= 4 is 29.1 Å². The molecule has 0 spiro atoms. The van der Waals surface area contributed by atoms with Crippen LogP contribution in [0.1, 0.15) is 47.3 Å². The van der Waals surface area contributed by atoms with Crippen LogP contribution in [0.3, 0.4) is 0 Å². The summed E-state index contributed by atoms with van der Waals surface area (Å²) in [5.41, 5.74) is 6.26. The molecule has 2 aromatic carbocycles. The molecule has 1 N–H and O–H groups in total. The van der Waals surface area contributed by atoms with Crippen LogP contribution < -0.4 is 5.43 Å². The largest absolute Gasteiger partial charge is 0.284 e. The van der Waals surface area contributed by atoms with Crippen LogP contribution in [0.2, 0.25) is 0 Å². The fourth-order valence-electron chi connectivity index (χ4n) is 4.01. The van der Waals surface area contributed by atoms with E-state index in [4.69, 9.17) is 4.99 Å². The van der Waals surface area contributed by atoms with E-state index in [0.717, 1.165) is 41.3 Å². The van der Waals surface area contributed by atoms with Crippen LogP contribution in [0, 0.1) is 5.82 Å². The molecule has 2 aliphatic heterocycles. The number of aliphatic imine (C=N–C) groups is 1. The summed E-state index contributed by atoms with van der Waals surface area (Å²) in [6, 6.07) is 16.1. The first-order chi connectivity index (χ1) is 15.7. The normalized spacial score (nSPS) is 16.2. The molecule has 3 aromatic rings. The molecule has 3 heterocycles. The van der Waals surface area contributed by atoms with Crippen molar-refractivity contribution in [2.75, 3.05) is 13.1 Å². The van der Waals surface area contributed by atoms with Crippen molar-refractivity contribution < 1.29 is 9.18 Å². The fraction of sp³-hybridized carbons (Fsp3) is 0.240. The molecular weight excluding hydrogens is 423 g/mol. The van der Waals surface area contributed by atoms with E-state index >= 15 is 0 Å². The molecule has 0 bridgehead atoms. The fourth-order valence-corrected chi connectivity index (χ4v) is 4.98. The third kappa shape index (κ3) is 4.45. The van der Waals surface area contributed by atoms with E-state index in [1.165, 1.54) is 25.0 Å². The van der Waals surface area contributed by atoms with Crippen molar-refractivity contribution in [3.8, 4) is 0 Å². The summed E-state index contributed by atoms with van der Waals surface area (Å²) in [5, 5.41) is 1.98. The highest BCUT2D eigenvalue weighted by molar-refractivity contribution is 7.99. The Morgan fingerprint density at radius 2 is 1.78 bits per heavy atom. The number of rotatable bonds is 3. The van der Waals surface area contributed by atoms with Gasteiger partial charge < -0.3 is 0 Å². The summed E-state index contributed by atoms with van der Waals surface area (Å²) in [7, 11) is 0. The minimum absolute atomic E-state index is 0.232. The van der Waals surface area contributed by atoms with E-state index in [9.17, 15) is 9.18 Å². The Kier molecular flexibility index (Phi) is 6.01. The number of halogens is 1. The van der Waals surface area contributed by atoms with Gasteiger partial charge in [-0.3, -0.25) is 10.2 Å². The lowest BCUT2D eigenvalue weighted by atomic mass is 10.0. The zero-order chi connectivity index (χ0) is 21.9. The predicted molar refractivity (Wildman–Crippen MR) is 124 cm³/mol. The molecule has 1 saturated heterocycles. The van der Waals surface area contributed by atoms with Crippen LogP contribution in [0.25, 0.3) is 0 Å². The standard InChI is InChI=1S/C25H23FN4OS/c26-18-9-7-8-17(14-18)24-19-10-3-4-11-22(19)32-23-16-27-21(15-20(23)28-24)25(31)29-30-12-5-1-2-6-13-30/h3-4,7-11,14-16H,1-2,5-6,12-13H2,(H,29,31). The van der Waals surface area contributed by atoms with E-state index in [0.29, 0.717) is 22.7 Å². The molecule has 32 heavy (non-hydrogen) atoms. The first kappa shape index (κ1) is 20.8. The quantitative estimate of drug-likeness (QED) is 0.459. The van der Waals surface area contributed by atoms with Gasteiger partial charge in [0.15, 0.2) is 0 Å². The second-order valence-electron chi connectivity index (χ2n) is 7.95. The summed E-state index contributed by atoms with van der Waals surface area (Å²) in [6.45, 7) is 1.70. The lowest BCUT2D eigenvalue weighted by molar-refractivity contribution is 0.0789. The molecule has 0 atom stereocenters. The zero-order valence-electron chi connectivity index (χ0n) is 17.6. The lowest BCUT2D eigenvalue weighted by Crippen LogP contribution is -2.42. The van der Waals surface area contributed by atoms with Crippen molar-refractivity contribution in [1.82, 2.24) is 15.4 Å². The average Bonchev–Trinajstić information content (AvgIpc) is 3.15. The van der Waals surface area contributed by atoms with Crippen molar-refractivity contribution in [1.29, 1.82) is 0 Å². The molecule has 2 aliphatic rings. The highest BCUT2D eigenvalue weighted by Crippen LogP contribution is 2.41. The number of nitrogens with zero attached hydrogens (tertiary/aromatic N) is 3. The third-order valence-electron chi connectivity index (χ3n) is 5.64. The number of hydrogen-bond acceptors (Lipinski definition) is 5. The Balaban J connectivity index is 1.52. The summed E-state index contributed by atoms with van der Waals surface area (Å²) in [5.74, 6) is -0.545. The molecule has 1 amide bonds. The molecule has 162 valence electrons.